The van der Waals surface area contributed by atoms with Gasteiger partial charge in [0.05, 0.1) is 0 Å². The number of ether oxygens (including phenoxy) is 2. The highest BCUT2D eigenvalue weighted by molar-refractivity contribution is 5.48. The van der Waals surface area contributed by atoms with Crippen LogP contribution in [0.25, 0.3) is 0 Å². The number of para-hydroxylation sites is 1. The summed E-state index contributed by atoms with van der Waals surface area (Å²) in [6, 6.07) is 6.40. The summed E-state index contributed by atoms with van der Waals surface area (Å²) in [6.45, 7) is 6.99. The van der Waals surface area contributed by atoms with Gasteiger partial charge in [0.15, 0.2) is 11.5 Å². The number of nitrogens with one attached hydrogen (secondary N) is 1. The van der Waals surface area contributed by atoms with Crippen molar-refractivity contribution in [3.8, 4) is 11.5 Å². The Morgan fingerprint density at radius 2 is 2.38 bits per heavy atom. The molecule has 1 aliphatic heterocycles. The molecule has 1 heterocycles. The number of hydrogen-bond acceptors (Lipinski definition) is 3. The molecule has 1 aliphatic rings. The second kappa shape index (κ2) is 5.03. The third-order valence-corrected chi connectivity index (χ3v) is 2.64. The maximum atomic E-state index is 5.44. The minimum Gasteiger partial charge on any atom is -0.454 e. The molecule has 1 aromatic rings. The average Bonchev–Trinajstić information content (AvgIpc) is 2.75. The van der Waals surface area contributed by atoms with Crippen molar-refractivity contribution >= 4 is 0 Å². The van der Waals surface area contributed by atoms with Crippen molar-refractivity contribution < 1.29 is 9.47 Å². The van der Waals surface area contributed by atoms with Gasteiger partial charge in [-0.05, 0) is 19.4 Å². The van der Waals surface area contributed by atoms with Gasteiger partial charge in [-0.1, -0.05) is 18.2 Å². The molecule has 0 fully saturated rings. The molecule has 0 saturated carbocycles. The maximum Gasteiger partial charge on any atom is 0.231 e. The van der Waals surface area contributed by atoms with E-state index in [1.807, 2.05) is 18.2 Å². The van der Waals surface area contributed by atoms with Crippen LogP contribution in [0.1, 0.15) is 18.9 Å². The van der Waals surface area contributed by atoms with E-state index >= 15 is 0 Å². The summed E-state index contributed by atoms with van der Waals surface area (Å²) in [7, 11) is 0. The standard InChI is InChI=1S/C13H17NO2/c1-3-5-10(2)14-8-11-6-4-7-12-13(11)16-9-15-12/h3-4,6-7,10,14H,1,5,8-9H2,2H3. The van der Waals surface area contributed by atoms with Crippen LogP contribution in [0.4, 0.5) is 0 Å². The van der Waals surface area contributed by atoms with Crippen LogP contribution in [0.15, 0.2) is 30.9 Å². The molecule has 0 bridgehead atoms. The third kappa shape index (κ3) is 2.36. The minimum absolute atomic E-state index is 0.328. The second-order valence-corrected chi connectivity index (χ2v) is 3.96. The first-order chi connectivity index (χ1) is 7.81. The highest BCUT2D eigenvalue weighted by Gasteiger charge is 2.16. The summed E-state index contributed by atoms with van der Waals surface area (Å²) in [6.07, 6.45) is 2.89. The number of benzene rings is 1. The van der Waals surface area contributed by atoms with E-state index in [1.54, 1.807) is 0 Å². The lowest BCUT2D eigenvalue weighted by Gasteiger charge is -2.12. The van der Waals surface area contributed by atoms with Crippen LogP contribution in [0.2, 0.25) is 0 Å². The zero-order valence-corrected chi connectivity index (χ0v) is 9.53. The smallest absolute Gasteiger partial charge is 0.231 e. The molecule has 0 saturated heterocycles. The van der Waals surface area contributed by atoms with E-state index in [0.717, 1.165) is 30.0 Å². The maximum absolute atomic E-state index is 5.44. The van der Waals surface area contributed by atoms with Crippen LogP contribution < -0.4 is 14.8 Å². The molecular formula is C13H17NO2. The van der Waals surface area contributed by atoms with Crippen molar-refractivity contribution in [3.05, 3.63) is 36.4 Å². The monoisotopic (exact) mass is 219 g/mol. The van der Waals surface area contributed by atoms with Crippen molar-refractivity contribution in [2.75, 3.05) is 6.79 Å². The fraction of sp³-hybridized carbons (Fsp3) is 0.385. The van der Waals surface area contributed by atoms with Gasteiger partial charge >= 0.3 is 0 Å². The fourth-order valence-corrected chi connectivity index (χ4v) is 1.75. The Bertz CT molecular complexity index is 376. The van der Waals surface area contributed by atoms with E-state index in [-0.39, 0.29) is 0 Å². The van der Waals surface area contributed by atoms with Crippen molar-refractivity contribution in [2.24, 2.45) is 0 Å². The topological polar surface area (TPSA) is 30.5 Å². The molecule has 86 valence electrons. The van der Waals surface area contributed by atoms with Crippen LogP contribution >= 0.6 is 0 Å². The molecule has 3 nitrogen and oxygen atoms in total. The molecule has 0 radical (unpaired) electrons. The third-order valence-electron chi connectivity index (χ3n) is 2.64. The van der Waals surface area contributed by atoms with E-state index in [9.17, 15) is 0 Å². The van der Waals surface area contributed by atoms with Gasteiger partial charge in [0.1, 0.15) is 0 Å². The van der Waals surface area contributed by atoms with E-state index in [4.69, 9.17) is 9.47 Å². The lowest BCUT2D eigenvalue weighted by molar-refractivity contribution is 0.173. The first-order valence-electron chi connectivity index (χ1n) is 5.53. The van der Waals surface area contributed by atoms with Gasteiger partial charge in [-0.25, -0.2) is 0 Å². The fourth-order valence-electron chi connectivity index (χ4n) is 1.75. The Morgan fingerprint density at radius 3 is 3.19 bits per heavy atom. The molecule has 0 amide bonds. The Labute approximate surface area is 96.1 Å². The van der Waals surface area contributed by atoms with Crippen LogP contribution in [0.5, 0.6) is 11.5 Å². The van der Waals surface area contributed by atoms with Gasteiger partial charge in [-0.2, -0.15) is 0 Å². The van der Waals surface area contributed by atoms with E-state index < -0.39 is 0 Å². The van der Waals surface area contributed by atoms with Gasteiger partial charge in [-0.3, -0.25) is 0 Å². The summed E-state index contributed by atoms with van der Waals surface area (Å²) >= 11 is 0. The van der Waals surface area contributed by atoms with Crippen molar-refractivity contribution in [1.82, 2.24) is 5.32 Å². The SMILES string of the molecule is C=CCC(C)NCc1cccc2c1OCO2. The molecule has 2 rings (SSSR count). The van der Waals surface area contributed by atoms with Crippen LogP contribution in [-0.2, 0) is 6.54 Å². The molecule has 3 heteroatoms. The van der Waals surface area contributed by atoms with Crippen LogP contribution in [-0.4, -0.2) is 12.8 Å². The molecule has 1 atom stereocenters. The summed E-state index contributed by atoms with van der Waals surface area (Å²) in [4.78, 5) is 0. The molecule has 1 N–H and O–H groups in total. The summed E-state index contributed by atoms with van der Waals surface area (Å²) in [5.41, 5.74) is 1.14. The predicted molar refractivity (Wildman–Crippen MR) is 63.7 cm³/mol. The average molecular weight is 219 g/mol. The highest BCUT2D eigenvalue weighted by Crippen LogP contribution is 2.35. The summed E-state index contributed by atoms with van der Waals surface area (Å²) in [5, 5.41) is 3.42. The van der Waals surface area contributed by atoms with Crippen molar-refractivity contribution in [1.29, 1.82) is 0 Å². The first kappa shape index (κ1) is 11.0. The van der Waals surface area contributed by atoms with Gasteiger partial charge in [0.25, 0.3) is 0 Å². The molecule has 1 unspecified atom stereocenters. The van der Waals surface area contributed by atoms with Crippen LogP contribution in [0, 0.1) is 0 Å². The minimum atomic E-state index is 0.328. The first-order valence-corrected chi connectivity index (χ1v) is 5.53. The van der Waals surface area contributed by atoms with Crippen molar-refractivity contribution in [3.63, 3.8) is 0 Å². The van der Waals surface area contributed by atoms with Crippen LogP contribution in [0.3, 0.4) is 0 Å². The number of rotatable bonds is 5. The van der Waals surface area contributed by atoms with E-state index in [2.05, 4.69) is 24.9 Å². The number of hydrogen-bond donors (Lipinski definition) is 1. The second-order valence-electron chi connectivity index (χ2n) is 3.96. The lowest BCUT2D eigenvalue weighted by atomic mass is 10.1. The molecule has 16 heavy (non-hydrogen) atoms. The predicted octanol–water partition coefficient (Wildman–Crippen LogP) is 2.47. The summed E-state index contributed by atoms with van der Waals surface area (Å²) in [5.74, 6) is 1.72. The van der Waals surface area contributed by atoms with E-state index in [1.165, 1.54) is 0 Å². The molecule has 0 spiro atoms. The normalized spacial score (nSPS) is 14.8. The molecule has 0 aliphatic carbocycles. The summed E-state index contributed by atoms with van der Waals surface area (Å²) < 4.78 is 10.8. The quantitative estimate of drug-likeness (QED) is 0.772. The zero-order chi connectivity index (χ0) is 11.4. The zero-order valence-electron chi connectivity index (χ0n) is 9.53. The highest BCUT2D eigenvalue weighted by atomic mass is 16.7. The Kier molecular flexibility index (Phi) is 3.47. The largest absolute Gasteiger partial charge is 0.454 e. The number of fused-ring (bicyclic) bond motifs is 1. The molecule has 0 aromatic heterocycles. The van der Waals surface area contributed by atoms with Crippen molar-refractivity contribution in [2.45, 2.75) is 25.9 Å². The van der Waals surface area contributed by atoms with Gasteiger partial charge in [-0.15, -0.1) is 6.58 Å². The Morgan fingerprint density at radius 1 is 1.50 bits per heavy atom. The Balaban J connectivity index is 1.99. The van der Waals surface area contributed by atoms with Gasteiger partial charge in [0, 0.05) is 18.2 Å². The molecule has 1 aromatic carbocycles. The lowest BCUT2D eigenvalue weighted by Crippen LogP contribution is -2.24. The van der Waals surface area contributed by atoms with Gasteiger partial charge < -0.3 is 14.8 Å². The molecular weight excluding hydrogens is 202 g/mol. The van der Waals surface area contributed by atoms with Gasteiger partial charge in [0.2, 0.25) is 6.79 Å². The Hall–Kier alpha value is -1.48. The van der Waals surface area contributed by atoms with E-state index in [0.29, 0.717) is 12.8 Å².